The van der Waals surface area contributed by atoms with Crippen LogP contribution in [0.3, 0.4) is 0 Å². The van der Waals surface area contributed by atoms with Crippen LogP contribution in [0, 0.1) is 5.92 Å². The van der Waals surface area contributed by atoms with Crippen LogP contribution >= 0.6 is 0 Å². The highest BCUT2D eigenvalue weighted by atomic mass is 32.2. The van der Waals surface area contributed by atoms with Gasteiger partial charge in [-0.15, -0.1) is 0 Å². The van der Waals surface area contributed by atoms with Gasteiger partial charge < -0.3 is 20.7 Å². The number of hydrogen-bond acceptors (Lipinski definition) is 6. The Morgan fingerprint density at radius 2 is 1.75 bits per heavy atom. The van der Waals surface area contributed by atoms with Crippen molar-refractivity contribution in [2.75, 3.05) is 31.1 Å². The Bertz CT molecular complexity index is 769. The van der Waals surface area contributed by atoms with E-state index in [1.165, 1.54) is 0 Å². The molecule has 0 aromatic heterocycles. The van der Waals surface area contributed by atoms with Crippen LogP contribution in [0.25, 0.3) is 0 Å². The van der Waals surface area contributed by atoms with E-state index in [9.17, 15) is 18.0 Å². The fourth-order valence-electron chi connectivity index (χ4n) is 2.86. The van der Waals surface area contributed by atoms with Gasteiger partial charge in [-0.3, -0.25) is 4.79 Å². The van der Waals surface area contributed by atoms with Crippen LogP contribution in [0.2, 0.25) is 0 Å². The molecule has 0 unspecified atom stereocenters. The number of hydrogen-bond donors (Lipinski definition) is 3. The maximum atomic E-state index is 12.6. The zero-order valence-electron chi connectivity index (χ0n) is 19.6. The van der Waals surface area contributed by atoms with Crippen LogP contribution < -0.4 is 16.0 Å². The Kier molecular flexibility index (Phi) is 13.6. The number of benzene rings is 1. The summed E-state index contributed by atoms with van der Waals surface area (Å²) < 4.78 is 29.9. The van der Waals surface area contributed by atoms with Gasteiger partial charge >= 0.3 is 6.09 Å². The van der Waals surface area contributed by atoms with Crippen LogP contribution in [0.4, 0.5) is 4.79 Å². The van der Waals surface area contributed by atoms with Gasteiger partial charge in [-0.05, 0) is 43.8 Å². The average molecular weight is 470 g/mol. The van der Waals surface area contributed by atoms with Crippen molar-refractivity contribution in [2.45, 2.75) is 59.1 Å². The summed E-state index contributed by atoms with van der Waals surface area (Å²) in [5, 5.41) is 8.46. The lowest BCUT2D eigenvalue weighted by Gasteiger charge is -2.18. The first-order chi connectivity index (χ1) is 15.2. The minimum Gasteiger partial charge on any atom is -0.445 e. The molecule has 1 rings (SSSR count). The molecule has 32 heavy (non-hydrogen) atoms. The van der Waals surface area contributed by atoms with E-state index in [0.29, 0.717) is 25.3 Å². The van der Waals surface area contributed by atoms with E-state index in [2.05, 4.69) is 29.8 Å². The Morgan fingerprint density at radius 1 is 1.03 bits per heavy atom. The predicted octanol–water partition coefficient (Wildman–Crippen LogP) is 2.64. The SMILES string of the molecule is CCCCS(=O)(=O)C[C@@H](NC(=O)OCc1ccccc1)C(=O)NCCCNCCC(C)C. The number of unbranched alkanes of at least 4 members (excludes halogenated alkanes) is 1. The molecule has 1 aromatic rings. The van der Waals surface area contributed by atoms with Crippen molar-refractivity contribution in [1.82, 2.24) is 16.0 Å². The molecule has 1 atom stereocenters. The number of amides is 2. The second-order valence-corrected chi connectivity index (χ2v) is 10.5. The summed E-state index contributed by atoms with van der Waals surface area (Å²) in [5.74, 6) is -0.367. The van der Waals surface area contributed by atoms with Crippen LogP contribution in [0.1, 0.15) is 52.0 Å². The third-order valence-corrected chi connectivity index (χ3v) is 6.53. The Morgan fingerprint density at radius 3 is 2.41 bits per heavy atom. The second-order valence-electron chi connectivity index (χ2n) is 8.30. The Labute approximate surface area is 192 Å². The summed E-state index contributed by atoms with van der Waals surface area (Å²) >= 11 is 0. The van der Waals surface area contributed by atoms with Gasteiger partial charge in [0.05, 0.1) is 11.5 Å². The first-order valence-electron chi connectivity index (χ1n) is 11.4. The third kappa shape index (κ3) is 13.3. The van der Waals surface area contributed by atoms with Crippen molar-refractivity contribution in [3.05, 3.63) is 35.9 Å². The smallest absolute Gasteiger partial charge is 0.408 e. The molecule has 0 aliphatic heterocycles. The van der Waals surface area contributed by atoms with Crippen molar-refractivity contribution >= 4 is 21.8 Å². The summed E-state index contributed by atoms with van der Waals surface area (Å²) in [6, 6.07) is 7.92. The zero-order valence-corrected chi connectivity index (χ0v) is 20.4. The molecule has 8 nitrogen and oxygen atoms in total. The van der Waals surface area contributed by atoms with Crippen molar-refractivity contribution in [2.24, 2.45) is 5.92 Å². The zero-order chi connectivity index (χ0) is 23.8. The number of sulfone groups is 1. The molecule has 9 heteroatoms. The van der Waals surface area contributed by atoms with Gasteiger partial charge in [-0.25, -0.2) is 13.2 Å². The van der Waals surface area contributed by atoms with Crippen molar-refractivity contribution in [1.29, 1.82) is 0 Å². The van der Waals surface area contributed by atoms with Crippen LogP contribution in [-0.4, -0.2) is 57.6 Å². The van der Waals surface area contributed by atoms with E-state index in [0.717, 1.165) is 31.5 Å². The highest BCUT2D eigenvalue weighted by Crippen LogP contribution is 2.04. The number of carbonyl (C=O) groups excluding carboxylic acids is 2. The molecular weight excluding hydrogens is 430 g/mol. The Hall–Kier alpha value is -2.13. The molecule has 0 radical (unpaired) electrons. The van der Waals surface area contributed by atoms with Gasteiger partial charge in [0.15, 0.2) is 9.84 Å². The predicted molar refractivity (Wildman–Crippen MR) is 127 cm³/mol. The lowest BCUT2D eigenvalue weighted by Crippen LogP contribution is -2.51. The molecule has 0 saturated carbocycles. The number of carbonyl (C=O) groups is 2. The summed E-state index contributed by atoms with van der Waals surface area (Å²) in [5.41, 5.74) is 0.796. The molecule has 0 heterocycles. The van der Waals surface area contributed by atoms with Crippen LogP contribution in [0.15, 0.2) is 30.3 Å². The lowest BCUT2D eigenvalue weighted by molar-refractivity contribution is -0.122. The molecule has 0 spiro atoms. The summed E-state index contributed by atoms with van der Waals surface area (Å²) in [7, 11) is -3.49. The highest BCUT2D eigenvalue weighted by molar-refractivity contribution is 7.91. The molecule has 0 aliphatic carbocycles. The van der Waals surface area contributed by atoms with Crippen LogP contribution in [0.5, 0.6) is 0 Å². The number of rotatable bonds is 16. The molecule has 0 bridgehead atoms. The van der Waals surface area contributed by atoms with E-state index >= 15 is 0 Å². The monoisotopic (exact) mass is 469 g/mol. The minimum atomic E-state index is -3.49. The van der Waals surface area contributed by atoms with E-state index in [1.54, 1.807) is 0 Å². The van der Waals surface area contributed by atoms with Crippen molar-refractivity contribution in [3.8, 4) is 0 Å². The van der Waals surface area contributed by atoms with Gasteiger partial charge in [0.25, 0.3) is 0 Å². The van der Waals surface area contributed by atoms with Gasteiger partial charge in [-0.2, -0.15) is 0 Å². The fraction of sp³-hybridized carbons (Fsp3) is 0.652. The molecule has 182 valence electrons. The van der Waals surface area contributed by atoms with Gasteiger partial charge in [-0.1, -0.05) is 57.5 Å². The van der Waals surface area contributed by atoms with E-state index in [-0.39, 0.29) is 12.4 Å². The molecular formula is C23H39N3O5S. The molecule has 0 saturated heterocycles. The quantitative estimate of drug-likeness (QED) is 0.321. The topological polar surface area (TPSA) is 114 Å². The van der Waals surface area contributed by atoms with Gasteiger partial charge in [0, 0.05) is 6.54 Å². The first-order valence-corrected chi connectivity index (χ1v) is 13.2. The maximum absolute atomic E-state index is 12.6. The maximum Gasteiger partial charge on any atom is 0.408 e. The second kappa shape index (κ2) is 15.6. The van der Waals surface area contributed by atoms with Crippen LogP contribution in [-0.2, 0) is 26.0 Å². The number of ether oxygens (including phenoxy) is 1. The summed E-state index contributed by atoms with van der Waals surface area (Å²) in [6.07, 6.45) is 2.20. The minimum absolute atomic E-state index is 0.0200. The Balaban J connectivity index is 2.56. The summed E-state index contributed by atoms with van der Waals surface area (Å²) in [6.45, 7) is 8.31. The number of nitrogens with one attached hydrogen (secondary N) is 3. The normalized spacial score (nSPS) is 12.4. The highest BCUT2D eigenvalue weighted by Gasteiger charge is 2.27. The van der Waals surface area contributed by atoms with Crippen molar-refractivity contribution < 1.29 is 22.7 Å². The molecule has 1 aromatic carbocycles. The third-order valence-electron chi connectivity index (χ3n) is 4.78. The standard InChI is InChI=1S/C23H39N3O5S/c1-4-5-16-32(29,30)18-21(22(27)25-14-9-13-24-15-12-19(2)3)26-23(28)31-17-20-10-7-6-8-11-20/h6-8,10-11,19,21,24H,4-5,9,12-18H2,1-3H3,(H,25,27)(H,26,28)/t21-/m1/s1. The van der Waals surface area contributed by atoms with E-state index in [1.807, 2.05) is 37.3 Å². The first kappa shape index (κ1) is 27.9. The van der Waals surface area contributed by atoms with Gasteiger partial charge in [0.1, 0.15) is 12.6 Å². The average Bonchev–Trinajstić information content (AvgIpc) is 2.75. The lowest BCUT2D eigenvalue weighted by atomic mass is 10.1. The largest absolute Gasteiger partial charge is 0.445 e. The van der Waals surface area contributed by atoms with E-state index < -0.39 is 33.6 Å². The number of alkyl carbamates (subject to hydrolysis) is 1. The fourth-order valence-corrected chi connectivity index (χ4v) is 4.49. The van der Waals surface area contributed by atoms with E-state index in [4.69, 9.17) is 4.74 Å². The molecule has 3 N–H and O–H groups in total. The molecule has 0 fully saturated rings. The molecule has 2 amide bonds. The van der Waals surface area contributed by atoms with Gasteiger partial charge in [0.2, 0.25) is 5.91 Å². The molecule has 0 aliphatic rings. The van der Waals surface area contributed by atoms with Crippen molar-refractivity contribution in [3.63, 3.8) is 0 Å². The summed E-state index contributed by atoms with van der Waals surface area (Å²) in [4.78, 5) is 24.8.